The Morgan fingerprint density at radius 2 is 2.21 bits per heavy atom. The van der Waals surface area contributed by atoms with Gasteiger partial charge in [0.15, 0.2) is 16.8 Å². The Morgan fingerprint density at radius 1 is 1.28 bits per heavy atom. The van der Waals surface area contributed by atoms with Gasteiger partial charge in [0.05, 0.1) is 18.4 Å². The highest BCUT2D eigenvalue weighted by atomic mass is 32.2. The van der Waals surface area contributed by atoms with Crippen molar-refractivity contribution in [2.45, 2.75) is 49.7 Å². The van der Waals surface area contributed by atoms with E-state index >= 15 is 0 Å². The number of benzene rings is 1. The molecule has 1 N–H and O–H groups in total. The molecule has 9 heteroatoms. The number of para-hydroxylation sites is 1. The Labute approximate surface area is 172 Å². The van der Waals surface area contributed by atoms with E-state index in [1.54, 1.807) is 11.8 Å². The number of rotatable bonds is 7. The van der Waals surface area contributed by atoms with Crippen LogP contribution in [0.1, 0.15) is 31.5 Å². The number of thioether (sulfide) groups is 1. The van der Waals surface area contributed by atoms with Gasteiger partial charge < -0.3 is 14.2 Å². The fourth-order valence-electron chi connectivity index (χ4n) is 3.63. The van der Waals surface area contributed by atoms with Gasteiger partial charge in [-0.25, -0.2) is 0 Å². The predicted octanol–water partition coefficient (Wildman–Crippen LogP) is 3.84. The number of aromatic nitrogens is 6. The summed E-state index contributed by atoms with van der Waals surface area (Å²) < 4.78 is 13.4. The SMILES string of the molecule is CCc1noc(CSc2nnc(-c3c[nH]c4ccccc34)n2CC2CCCO2)n1. The van der Waals surface area contributed by atoms with Gasteiger partial charge in [-0.05, 0) is 18.9 Å². The minimum Gasteiger partial charge on any atom is -0.376 e. The van der Waals surface area contributed by atoms with E-state index in [0.717, 1.165) is 65.7 Å². The number of aryl methyl sites for hydroxylation is 1. The fourth-order valence-corrected chi connectivity index (χ4v) is 4.41. The maximum Gasteiger partial charge on any atom is 0.237 e. The molecule has 0 amide bonds. The zero-order valence-corrected chi connectivity index (χ0v) is 17.0. The number of aromatic amines is 1. The number of H-pyrrole nitrogens is 1. The van der Waals surface area contributed by atoms with Crippen LogP contribution < -0.4 is 0 Å². The maximum atomic E-state index is 5.89. The third-order valence-corrected chi connectivity index (χ3v) is 6.06. The Kier molecular flexibility index (Phi) is 5.07. The normalized spacial score (nSPS) is 16.8. The van der Waals surface area contributed by atoms with Crippen molar-refractivity contribution in [3.8, 4) is 11.4 Å². The van der Waals surface area contributed by atoms with Crippen molar-refractivity contribution in [1.82, 2.24) is 29.9 Å². The molecule has 0 spiro atoms. The molecular weight excluding hydrogens is 388 g/mol. The summed E-state index contributed by atoms with van der Waals surface area (Å²) in [6.45, 7) is 3.56. The van der Waals surface area contributed by atoms with Gasteiger partial charge in [0.1, 0.15) is 0 Å². The smallest absolute Gasteiger partial charge is 0.237 e. The van der Waals surface area contributed by atoms with E-state index in [4.69, 9.17) is 9.26 Å². The first-order valence-corrected chi connectivity index (χ1v) is 10.9. The lowest BCUT2D eigenvalue weighted by atomic mass is 10.1. The molecule has 4 heterocycles. The summed E-state index contributed by atoms with van der Waals surface area (Å²) in [5.74, 6) is 2.73. The van der Waals surface area contributed by atoms with Crippen LogP contribution in [-0.2, 0) is 23.5 Å². The molecule has 5 rings (SSSR count). The van der Waals surface area contributed by atoms with Gasteiger partial charge in [-0.1, -0.05) is 42.0 Å². The summed E-state index contributed by atoms with van der Waals surface area (Å²) in [5, 5.41) is 14.9. The molecule has 1 atom stereocenters. The van der Waals surface area contributed by atoms with E-state index in [1.807, 2.05) is 25.3 Å². The molecule has 1 aliphatic heterocycles. The van der Waals surface area contributed by atoms with Crippen molar-refractivity contribution in [2.75, 3.05) is 6.61 Å². The van der Waals surface area contributed by atoms with E-state index in [0.29, 0.717) is 11.6 Å². The van der Waals surface area contributed by atoms with Gasteiger partial charge in [-0.2, -0.15) is 4.98 Å². The maximum absolute atomic E-state index is 5.89. The first-order valence-electron chi connectivity index (χ1n) is 9.87. The summed E-state index contributed by atoms with van der Waals surface area (Å²) >= 11 is 1.56. The van der Waals surface area contributed by atoms with Gasteiger partial charge in [-0.3, -0.25) is 4.57 Å². The quantitative estimate of drug-likeness (QED) is 0.463. The van der Waals surface area contributed by atoms with Crippen LogP contribution in [0.3, 0.4) is 0 Å². The van der Waals surface area contributed by atoms with Crippen LogP contribution >= 0.6 is 11.8 Å². The number of nitrogens with zero attached hydrogens (tertiary/aromatic N) is 5. The number of hydrogen-bond donors (Lipinski definition) is 1. The lowest BCUT2D eigenvalue weighted by Crippen LogP contribution is -2.16. The molecule has 0 saturated carbocycles. The first kappa shape index (κ1) is 18.4. The molecule has 1 fully saturated rings. The number of ether oxygens (including phenoxy) is 1. The molecule has 1 unspecified atom stereocenters. The molecular formula is C20H22N6O2S. The molecule has 0 aliphatic carbocycles. The van der Waals surface area contributed by atoms with Crippen molar-refractivity contribution in [3.63, 3.8) is 0 Å². The Morgan fingerprint density at radius 3 is 3.03 bits per heavy atom. The highest BCUT2D eigenvalue weighted by Gasteiger charge is 2.23. The van der Waals surface area contributed by atoms with Crippen molar-refractivity contribution >= 4 is 22.7 Å². The average Bonchev–Trinajstić information content (AvgIpc) is 3.54. The Bertz CT molecular complexity index is 1110. The molecule has 29 heavy (non-hydrogen) atoms. The third-order valence-electron chi connectivity index (χ3n) is 5.11. The van der Waals surface area contributed by atoms with Crippen LogP contribution in [0.2, 0.25) is 0 Å². The molecule has 4 aromatic rings. The lowest BCUT2D eigenvalue weighted by Gasteiger charge is -2.14. The van der Waals surface area contributed by atoms with Crippen LogP contribution in [-0.4, -0.2) is 42.6 Å². The van der Waals surface area contributed by atoms with Gasteiger partial charge in [-0.15, -0.1) is 10.2 Å². The summed E-state index contributed by atoms with van der Waals surface area (Å²) in [5.41, 5.74) is 2.13. The zero-order valence-electron chi connectivity index (χ0n) is 16.2. The van der Waals surface area contributed by atoms with Crippen molar-refractivity contribution < 1.29 is 9.26 Å². The van der Waals surface area contributed by atoms with Crippen LogP contribution in [0.25, 0.3) is 22.3 Å². The van der Waals surface area contributed by atoms with E-state index in [9.17, 15) is 0 Å². The van der Waals surface area contributed by atoms with E-state index in [-0.39, 0.29) is 6.10 Å². The molecule has 3 aromatic heterocycles. The standard InChI is InChI=1S/C20H22N6O2S/c1-2-17-22-18(28-25-17)12-29-20-24-23-19(26(20)11-13-6-5-9-27-13)15-10-21-16-8-4-3-7-14(15)16/h3-4,7-8,10,13,21H,2,5-6,9,11-12H2,1H3. The lowest BCUT2D eigenvalue weighted by molar-refractivity contribution is 0.0953. The number of fused-ring (bicyclic) bond motifs is 1. The topological polar surface area (TPSA) is 94.7 Å². The van der Waals surface area contributed by atoms with Gasteiger partial charge in [0.2, 0.25) is 5.89 Å². The Balaban J connectivity index is 1.47. The zero-order chi connectivity index (χ0) is 19.6. The van der Waals surface area contributed by atoms with Gasteiger partial charge in [0.25, 0.3) is 0 Å². The molecule has 1 saturated heterocycles. The molecule has 1 aromatic carbocycles. The monoisotopic (exact) mass is 410 g/mol. The molecule has 0 bridgehead atoms. The highest BCUT2D eigenvalue weighted by Crippen LogP contribution is 2.32. The first-order chi connectivity index (χ1) is 14.3. The third kappa shape index (κ3) is 3.67. The van der Waals surface area contributed by atoms with Crippen LogP contribution in [0.4, 0.5) is 0 Å². The summed E-state index contributed by atoms with van der Waals surface area (Å²) in [7, 11) is 0. The average molecular weight is 411 g/mol. The fraction of sp³-hybridized carbons (Fsp3) is 0.400. The van der Waals surface area contributed by atoms with Gasteiger partial charge in [0, 0.05) is 35.7 Å². The minimum absolute atomic E-state index is 0.185. The number of hydrogen-bond acceptors (Lipinski definition) is 7. The van der Waals surface area contributed by atoms with E-state index in [1.165, 1.54) is 0 Å². The second-order valence-electron chi connectivity index (χ2n) is 7.05. The van der Waals surface area contributed by atoms with Crippen LogP contribution in [0, 0.1) is 0 Å². The Hall–Kier alpha value is -2.65. The van der Waals surface area contributed by atoms with E-state index < -0.39 is 0 Å². The molecule has 150 valence electrons. The second kappa shape index (κ2) is 8.00. The summed E-state index contributed by atoms with van der Waals surface area (Å²) in [4.78, 5) is 7.72. The largest absolute Gasteiger partial charge is 0.376 e. The van der Waals surface area contributed by atoms with Crippen molar-refractivity contribution in [2.24, 2.45) is 0 Å². The highest BCUT2D eigenvalue weighted by molar-refractivity contribution is 7.98. The van der Waals surface area contributed by atoms with Crippen LogP contribution in [0.15, 0.2) is 40.1 Å². The van der Waals surface area contributed by atoms with Crippen molar-refractivity contribution in [1.29, 1.82) is 0 Å². The molecule has 0 radical (unpaired) electrons. The number of nitrogens with one attached hydrogen (secondary N) is 1. The van der Waals surface area contributed by atoms with E-state index in [2.05, 4.69) is 42.0 Å². The summed E-state index contributed by atoms with van der Waals surface area (Å²) in [6, 6.07) is 8.23. The predicted molar refractivity (Wildman–Crippen MR) is 110 cm³/mol. The molecule has 8 nitrogen and oxygen atoms in total. The van der Waals surface area contributed by atoms with Crippen LogP contribution in [0.5, 0.6) is 0 Å². The van der Waals surface area contributed by atoms with Gasteiger partial charge >= 0.3 is 0 Å². The summed E-state index contributed by atoms with van der Waals surface area (Å²) in [6.07, 6.45) is 5.09. The minimum atomic E-state index is 0.185. The molecule has 1 aliphatic rings. The second-order valence-corrected chi connectivity index (χ2v) is 7.99. The van der Waals surface area contributed by atoms with Crippen molar-refractivity contribution in [3.05, 3.63) is 42.2 Å².